The van der Waals surface area contributed by atoms with Crippen LogP contribution in [0.4, 0.5) is 0 Å². The standard InChI is InChI=1S/C17H26N2O.ClH/c1-19(17(20)16-11-7-12-18-14-16)13-6-5-10-15-8-3-2-4-9-15;/h2-4,8-9,16,18H,5-7,10-14H2,1H3;1H. The van der Waals surface area contributed by atoms with Gasteiger partial charge in [0, 0.05) is 20.1 Å². The van der Waals surface area contributed by atoms with E-state index in [9.17, 15) is 4.79 Å². The Hall–Kier alpha value is -1.06. The van der Waals surface area contributed by atoms with Crippen molar-refractivity contribution >= 4 is 18.3 Å². The Morgan fingerprint density at radius 1 is 1.29 bits per heavy atom. The van der Waals surface area contributed by atoms with Crippen LogP contribution < -0.4 is 5.32 Å². The Kier molecular flexibility index (Phi) is 8.40. The van der Waals surface area contributed by atoms with E-state index in [0.29, 0.717) is 5.91 Å². The van der Waals surface area contributed by atoms with E-state index >= 15 is 0 Å². The van der Waals surface area contributed by atoms with E-state index < -0.39 is 0 Å². The van der Waals surface area contributed by atoms with Crippen LogP contribution in [-0.2, 0) is 11.2 Å². The van der Waals surface area contributed by atoms with E-state index in [2.05, 4.69) is 29.6 Å². The lowest BCUT2D eigenvalue weighted by Gasteiger charge is -2.27. The molecule has 1 fully saturated rings. The average molecular weight is 311 g/mol. The maximum Gasteiger partial charge on any atom is 0.226 e. The Balaban J connectivity index is 0.00000220. The second kappa shape index (κ2) is 9.80. The molecule has 0 spiro atoms. The van der Waals surface area contributed by atoms with Gasteiger partial charge < -0.3 is 10.2 Å². The summed E-state index contributed by atoms with van der Waals surface area (Å²) in [6.07, 6.45) is 5.49. The minimum atomic E-state index is 0. The molecule has 21 heavy (non-hydrogen) atoms. The number of halogens is 1. The Morgan fingerprint density at radius 2 is 2.05 bits per heavy atom. The highest BCUT2D eigenvalue weighted by Gasteiger charge is 2.23. The van der Waals surface area contributed by atoms with Crippen LogP contribution in [0.15, 0.2) is 30.3 Å². The van der Waals surface area contributed by atoms with Crippen LogP contribution >= 0.6 is 12.4 Å². The van der Waals surface area contributed by atoms with Crippen molar-refractivity contribution in [3.63, 3.8) is 0 Å². The number of nitrogens with one attached hydrogen (secondary N) is 1. The number of aryl methyl sites for hydroxylation is 1. The molecule has 0 radical (unpaired) electrons. The average Bonchev–Trinajstić information content (AvgIpc) is 2.52. The molecular formula is C17H27ClN2O. The third-order valence-corrected chi connectivity index (χ3v) is 4.07. The molecule has 4 heteroatoms. The van der Waals surface area contributed by atoms with E-state index in [0.717, 1.165) is 51.7 Å². The summed E-state index contributed by atoms with van der Waals surface area (Å²) < 4.78 is 0. The molecule has 1 amide bonds. The number of carbonyl (C=O) groups is 1. The molecular weight excluding hydrogens is 284 g/mol. The lowest BCUT2D eigenvalue weighted by Crippen LogP contribution is -2.41. The van der Waals surface area contributed by atoms with Crippen molar-refractivity contribution in [3.05, 3.63) is 35.9 Å². The number of carbonyl (C=O) groups excluding carboxylic acids is 1. The summed E-state index contributed by atoms with van der Waals surface area (Å²) in [6, 6.07) is 10.6. The molecule has 1 unspecified atom stereocenters. The highest BCUT2D eigenvalue weighted by molar-refractivity contribution is 5.85. The monoisotopic (exact) mass is 310 g/mol. The summed E-state index contributed by atoms with van der Waals surface area (Å²) in [5.74, 6) is 0.514. The molecule has 3 nitrogen and oxygen atoms in total. The lowest BCUT2D eigenvalue weighted by molar-refractivity contribution is -0.134. The number of unbranched alkanes of at least 4 members (excludes halogenated alkanes) is 1. The molecule has 2 rings (SSSR count). The first-order valence-electron chi connectivity index (χ1n) is 7.77. The summed E-state index contributed by atoms with van der Waals surface area (Å²) >= 11 is 0. The zero-order chi connectivity index (χ0) is 14.2. The van der Waals surface area contributed by atoms with Gasteiger partial charge >= 0.3 is 0 Å². The van der Waals surface area contributed by atoms with Crippen LogP contribution in [0.25, 0.3) is 0 Å². The minimum absolute atomic E-state index is 0. The molecule has 0 bridgehead atoms. The molecule has 1 N–H and O–H groups in total. The topological polar surface area (TPSA) is 32.3 Å². The number of benzene rings is 1. The maximum absolute atomic E-state index is 12.2. The zero-order valence-electron chi connectivity index (χ0n) is 12.9. The first kappa shape index (κ1) is 18.0. The molecule has 1 aromatic rings. The van der Waals surface area contributed by atoms with E-state index in [1.54, 1.807) is 0 Å². The molecule has 1 atom stereocenters. The van der Waals surface area contributed by atoms with Gasteiger partial charge in [-0.2, -0.15) is 0 Å². The van der Waals surface area contributed by atoms with Crippen LogP contribution in [0.3, 0.4) is 0 Å². The van der Waals surface area contributed by atoms with Crippen molar-refractivity contribution < 1.29 is 4.79 Å². The Morgan fingerprint density at radius 3 is 2.71 bits per heavy atom. The van der Waals surface area contributed by atoms with Crippen molar-refractivity contribution in [2.24, 2.45) is 5.92 Å². The van der Waals surface area contributed by atoms with Gasteiger partial charge in [0.1, 0.15) is 0 Å². The lowest BCUT2D eigenvalue weighted by atomic mass is 9.98. The molecule has 1 aliphatic rings. The minimum Gasteiger partial charge on any atom is -0.345 e. The smallest absolute Gasteiger partial charge is 0.226 e. The van der Waals surface area contributed by atoms with Crippen molar-refractivity contribution in [2.45, 2.75) is 32.1 Å². The Labute approximate surface area is 134 Å². The molecule has 1 saturated heterocycles. The van der Waals surface area contributed by atoms with Gasteiger partial charge in [0.2, 0.25) is 5.91 Å². The van der Waals surface area contributed by atoms with Crippen molar-refractivity contribution in [2.75, 3.05) is 26.7 Å². The number of piperidine rings is 1. The second-order valence-electron chi connectivity index (χ2n) is 5.75. The third kappa shape index (κ3) is 6.06. The van der Waals surface area contributed by atoms with E-state index in [1.165, 1.54) is 5.56 Å². The summed E-state index contributed by atoms with van der Waals surface area (Å²) in [5.41, 5.74) is 1.39. The van der Waals surface area contributed by atoms with Crippen LogP contribution in [0.2, 0.25) is 0 Å². The molecule has 0 saturated carbocycles. The number of amides is 1. The molecule has 0 aromatic heterocycles. The first-order valence-corrected chi connectivity index (χ1v) is 7.77. The van der Waals surface area contributed by atoms with Gasteiger partial charge in [-0.3, -0.25) is 4.79 Å². The molecule has 1 aliphatic heterocycles. The van der Waals surface area contributed by atoms with Gasteiger partial charge in [-0.25, -0.2) is 0 Å². The predicted molar refractivity (Wildman–Crippen MR) is 89.9 cm³/mol. The fraction of sp³-hybridized carbons (Fsp3) is 0.588. The zero-order valence-corrected chi connectivity index (χ0v) is 13.7. The number of hydrogen-bond donors (Lipinski definition) is 1. The summed E-state index contributed by atoms with van der Waals surface area (Å²) in [7, 11) is 1.94. The SMILES string of the molecule is CN(CCCCc1ccccc1)C(=O)C1CCCNC1.Cl. The fourth-order valence-electron chi connectivity index (χ4n) is 2.81. The quantitative estimate of drug-likeness (QED) is 0.819. The van der Waals surface area contributed by atoms with Crippen LogP contribution in [0.5, 0.6) is 0 Å². The number of nitrogens with zero attached hydrogens (tertiary/aromatic N) is 1. The van der Waals surface area contributed by atoms with Gasteiger partial charge in [0.05, 0.1) is 5.92 Å². The van der Waals surface area contributed by atoms with Crippen LogP contribution in [-0.4, -0.2) is 37.5 Å². The van der Waals surface area contributed by atoms with E-state index in [4.69, 9.17) is 0 Å². The normalized spacial score (nSPS) is 17.9. The van der Waals surface area contributed by atoms with Gasteiger partial charge in [0.25, 0.3) is 0 Å². The third-order valence-electron chi connectivity index (χ3n) is 4.07. The van der Waals surface area contributed by atoms with Gasteiger partial charge in [-0.05, 0) is 44.2 Å². The maximum atomic E-state index is 12.2. The van der Waals surface area contributed by atoms with Crippen LogP contribution in [0, 0.1) is 5.92 Å². The van der Waals surface area contributed by atoms with E-state index in [1.807, 2.05) is 18.0 Å². The van der Waals surface area contributed by atoms with Crippen molar-refractivity contribution in [1.82, 2.24) is 10.2 Å². The highest BCUT2D eigenvalue weighted by Crippen LogP contribution is 2.13. The second-order valence-corrected chi connectivity index (χ2v) is 5.75. The summed E-state index contributed by atoms with van der Waals surface area (Å²) in [4.78, 5) is 14.2. The number of rotatable bonds is 6. The van der Waals surface area contributed by atoms with Gasteiger partial charge in [-0.15, -0.1) is 12.4 Å². The van der Waals surface area contributed by atoms with Crippen molar-refractivity contribution in [1.29, 1.82) is 0 Å². The van der Waals surface area contributed by atoms with E-state index in [-0.39, 0.29) is 18.3 Å². The first-order chi connectivity index (χ1) is 9.77. The molecule has 1 heterocycles. The summed E-state index contributed by atoms with van der Waals surface area (Å²) in [5, 5.41) is 3.31. The predicted octanol–water partition coefficient (Wildman–Crippen LogP) is 2.89. The fourth-order valence-corrected chi connectivity index (χ4v) is 2.81. The molecule has 1 aromatic carbocycles. The van der Waals surface area contributed by atoms with Crippen molar-refractivity contribution in [3.8, 4) is 0 Å². The molecule has 118 valence electrons. The van der Waals surface area contributed by atoms with Gasteiger partial charge in [-0.1, -0.05) is 30.3 Å². The highest BCUT2D eigenvalue weighted by atomic mass is 35.5. The van der Waals surface area contributed by atoms with Gasteiger partial charge in [0.15, 0.2) is 0 Å². The number of hydrogen-bond acceptors (Lipinski definition) is 2. The largest absolute Gasteiger partial charge is 0.345 e. The summed E-state index contributed by atoms with van der Waals surface area (Å²) in [6.45, 7) is 2.79. The Bertz CT molecular complexity index is 405. The molecule has 0 aliphatic carbocycles. The van der Waals surface area contributed by atoms with Crippen LogP contribution in [0.1, 0.15) is 31.2 Å².